The fourth-order valence-electron chi connectivity index (χ4n) is 5.79. The van der Waals surface area contributed by atoms with Gasteiger partial charge in [-0.2, -0.15) is 5.26 Å². The lowest BCUT2D eigenvalue weighted by atomic mass is 9.79. The zero-order valence-corrected chi connectivity index (χ0v) is 23.4. The molecule has 38 heavy (non-hydrogen) atoms. The van der Waals surface area contributed by atoms with Crippen LogP contribution in [0.25, 0.3) is 22.2 Å². The van der Waals surface area contributed by atoms with Crippen LogP contribution in [0, 0.1) is 11.3 Å². The number of halogens is 2. The van der Waals surface area contributed by atoms with Crippen LogP contribution in [-0.4, -0.2) is 34.0 Å². The summed E-state index contributed by atoms with van der Waals surface area (Å²) in [5.41, 5.74) is 5.66. The number of hydrogen-bond acceptors (Lipinski definition) is 4. The quantitative estimate of drug-likeness (QED) is 0.238. The first-order chi connectivity index (χ1) is 18.4. The molecule has 5 nitrogen and oxygen atoms in total. The molecule has 0 unspecified atom stereocenters. The third-order valence-corrected chi connectivity index (χ3v) is 8.76. The Bertz CT molecular complexity index is 1400. The molecule has 0 bridgehead atoms. The Kier molecular flexibility index (Phi) is 8.07. The number of aromatic nitrogens is 2. The van der Waals surface area contributed by atoms with E-state index >= 15 is 0 Å². The minimum Gasteiger partial charge on any atom is -0.341 e. The lowest BCUT2D eigenvalue weighted by Crippen LogP contribution is -2.53. The van der Waals surface area contributed by atoms with E-state index in [9.17, 15) is 5.26 Å². The first-order valence-electron chi connectivity index (χ1n) is 13.4. The van der Waals surface area contributed by atoms with Gasteiger partial charge in [0.05, 0.1) is 39.3 Å². The van der Waals surface area contributed by atoms with Crippen LogP contribution in [0.15, 0.2) is 60.7 Å². The van der Waals surface area contributed by atoms with Gasteiger partial charge in [-0.15, -0.1) is 0 Å². The number of H-pyrrole nitrogens is 1. The minimum absolute atomic E-state index is 0.163. The number of hydrogen-bond donors (Lipinski definition) is 2. The van der Waals surface area contributed by atoms with E-state index in [1.165, 1.54) is 18.4 Å². The van der Waals surface area contributed by atoms with Gasteiger partial charge in [-0.05, 0) is 66.6 Å². The summed E-state index contributed by atoms with van der Waals surface area (Å²) in [4.78, 5) is 10.8. The maximum Gasteiger partial charge on any atom is 0.121 e. The average molecular weight is 547 g/mol. The summed E-state index contributed by atoms with van der Waals surface area (Å²) in [5, 5.41) is 14.2. The zero-order chi connectivity index (χ0) is 26.7. The molecule has 0 radical (unpaired) electrons. The van der Waals surface area contributed by atoms with Crippen molar-refractivity contribution in [3.05, 3.63) is 87.7 Å². The van der Waals surface area contributed by atoms with Gasteiger partial charge in [-0.25, -0.2) is 4.98 Å². The molecule has 0 saturated carbocycles. The van der Waals surface area contributed by atoms with Crippen LogP contribution in [-0.2, 0) is 12.1 Å². The molecule has 1 saturated heterocycles. The Labute approximate surface area is 234 Å². The number of imidazole rings is 1. The summed E-state index contributed by atoms with van der Waals surface area (Å²) < 4.78 is 0. The van der Waals surface area contributed by atoms with Gasteiger partial charge in [0.1, 0.15) is 5.82 Å². The Morgan fingerprint density at radius 3 is 2.39 bits per heavy atom. The summed E-state index contributed by atoms with van der Waals surface area (Å²) in [7, 11) is 0. The molecule has 196 valence electrons. The maximum absolute atomic E-state index is 9.30. The second-order valence-corrected chi connectivity index (χ2v) is 11.0. The Balaban J connectivity index is 1.42. The van der Waals surface area contributed by atoms with E-state index in [0.29, 0.717) is 28.2 Å². The molecule has 2 N–H and O–H groups in total. The van der Waals surface area contributed by atoms with Crippen molar-refractivity contribution in [1.82, 2.24) is 20.2 Å². The van der Waals surface area contributed by atoms with Crippen LogP contribution in [0.5, 0.6) is 0 Å². The van der Waals surface area contributed by atoms with Crippen LogP contribution >= 0.6 is 23.2 Å². The Morgan fingerprint density at radius 1 is 1.00 bits per heavy atom. The standard InChI is InChI=1S/C31H33Cl2N5/c1-3-25(4-2)38-14-12-31(13-15-38,35-20-30-36-28-17-26(32)27(33)18-29(28)37-30)24-10-8-22(9-11-24)23-7-5-6-21(16-23)19-34/h5-11,16-18,25,35H,3-4,12-15,20H2,1-2H3,(H,36,37). The van der Waals surface area contributed by atoms with Crippen LogP contribution in [0.1, 0.15) is 56.5 Å². The summed E-state index contributed by atoms with van der Waals surface area (Å²) in [6.45, 7) is 7.29. The van der Waals surface area contributed by atoms with Crippen molar-refractivity contribution >= 4 is 34.2 Å². The minimum atomic E-state index is -0.163. The van der Waals surface area contributed by atoms with E-state index in [1.54, 1.807) is 0 Å². The van der Waals surface area contributed by atoms with Crippen molar-refractivity contribution < 1.29 is 0 Å². The van der Waals surface area contributed by atoms with Crippen molar-refractivity contribution in [3.63, 3.8) is 0 Å². The number of fused-ring (bicyclic) bond motifs is 1. The number of likely N-dealkylation sites (tertiary alicyclic amines) is 1. The number of nitriles is 1. The highest BCUT2D eigenvalue weighted by Crippen LogP contribution is 2.36. The highest BCUT2D eigenvalue weighted by Gasteiger charge is 2.37. The molecule has 7 heteroatoms. The molecule has 1 fully saturated rings. The summed E-state index contributed by atoms with van der Waals surface area (Å²) in [5.74, 6) is 0.866. The van der Waals surface area contributed by atoms with E-state index in [2.05, 4.69) is 65.4 Å². The third kappa shape index (κ3) is 5.46. The van der Waals surface area contributed by atoms with Gasteiger partial charge in [0.2, 0.25) is 0 Å². The second-order valence-electron chi connectivity index (χ2n) is 10.2. The molecule has 1 aromatic heterocycles. The molecule has 0 spiro atoms. The number of aromatic amines is 1. The molecule has 3 aromatic carbocycles. The van der Waals surface area contributed by atoms with Crippen molar-refractivity contribution in [1.29, 1.82) is 5.26 Å². The maximum atomic E-state index is 9.30. The average Bonchev–Trinajstić information content (AvgIpc) is 3.35. The molecule has 2 heterocycles. The lowest BCUT2D eigenvalue weighted by Gasteiger charge is -2.45. The lowest BCUT2D eigenvalue weighted by molar-refractivity contribution is 0.0909. The summed E-state index contributed by atoms with van der Waals surface area (Å²) >= 11 is 12.4. The molecule has 0 amide bonds. The monoisotopic (exact) mass is 545 g/mol. The SMILES string of the molecule is CCC(CC)N1CCC(NCc2nc3cc(Cl)c(Cl)cc3[nH]2)(c2ccc(-c3cccc(C#N)c3)cc2)CC1. The highest BCUT2D eigenvalue weighted by molar-refractivity contribution is 6.42. The van der Waals surface area contributed by atoms with Crippen LogP contribution in [0.2, 0.25) is 10.0 Å². The van der Waals surface area contributed by atoms with E-state index in [-0.39, 0.29) is 5.54 Å². The second kappa shape index (κ2) is 11.5. The summed E-state index contributed by atoms with van der Waals surface area (Å²) in [6, 6.07) is 23.1. The van der Waals surface area contributed by atoms with Crippen molar-refractivity contribution in [3.8, 4) is 17.2 Å². The Morgan fingerprint density at radius 2 is 1.71 bits per heavy atom. The number of nitrogens with zero attached hydrogens (tertiary/aromatic N) is 3. The van der Waals surface area contributed by atoms with Crippen LogP contribution < -0.4 is 5.32 Å². The molecular weight excluding hydrogens is 513 g/mol. The smallest absolute Gasteiger partial charge is 0.121 e. The topological polar surface area (TPSA) is 67.7 Å². The number of rotatable bonds is 8. The van der Waals surface area contributed by atoms with Crippen molar-refractivity contribution in [2.75, 3.05) is 13.1 Å². The molecule has 0 aliphatic carbocycles. The molecular formula is C31H33Cl2N5. The molecule has 1 aliphatic rings. The predicted octanol–water partition coefficient (Wildman–Crippen LogP) is 7.68. The number of benzene rings is 3. The summed E-state index contributed by atoms with van der Waals surface area (Å²) in [6.07, 6.45) is 4.39. The predicted molar refractivity (Wildman–Crippen MR) is 156 cm³/mol. The van der Waals surface area contributed by atoms with Crippen molar-refractivity contribution in [2.24, 2.45) is 0 Å². The van der Waals surface area contributed by atoms with Gasteiger partial charge in [0.25, 0.3) is 0 Å². The van der Waals surface area contributed by atoms with Gasteiger partial charge in [0, 0.05) is 24.7 Å². The van der Waals surface area contributed by atoms with E-state index in [4.69, 9.17) is 28.2 Å². The normalized spacial score (nSPS) is 15.7. The molecule has 1 aliphatic heterocycles. The number of nitrogens with one attached hydrogen (secondary N) is 2. The van der Waals surface area contributed by atoms with Gasteiger partial charge >= 0.3 is 0 Å². The molecule has 4 aromatic rings. The van der Waals surface area contributed by atoms with Gasteiger partial charge < -0.3 is 15.2 Å². The number of piperidine rings is 1. The van der Waals surface area contributed by atoms with Gasteiger partial charge in [0.15, 0.2) is 0 Å². The fourth-order valence-corrected chi connectivity index (χ4v) is 6.11. The first-order valence-corrected chi connectivity index (χ1v) is 14.1. The van der Waals surface area contributed by atoms with Crippen molar-refractivity contribution in [2.45, 2.75) is 57.7 Å². The largest absolute Gasteiger partial charge is 0.341 e. The van der Waals surface area contributed by atoms with E-state index < -0.39 is 0 Å². The van der Waals surface area contributed by atoms with Gasteiger partial charge in [-0.3, -0.25) is 0 Å². The molecule has 5 rings (SSSR count). The Hall–Kier alpha value is -2.88. The van der Waals surface area contributed by atoms with E-state index in [1.807, 2.05) is 30.3 Å². The highest BCUT2D eigenvalue weighted by atomic mass is 35.5. The van der Waals surface area contributed by atoms with Crippen LogP contribution in [0.4, 0.5) is 0 Å². The zero-order valence-electron chi connectivity index (χ0n) is 21.9. The fraction of sp³-hybridized carbons (Fsp3) is 0.355. The first kappa shape index (κ1) is 26.7. The molecule has 0 atom stereocenters. The van der Waals surface area contributed by atoms with Crippen LogP contribution in [0.3, 0.4) is 0 Å². The van der Waals surface area contributed by atoms with Gasteiger partial charge in [-0.1, -0.05) is 73.4 Å². The third-order valence-electron chi connectivity index (χ3n) is 8.04. The van der Waals surface area contributed by atoms with E-state index in [0.717, 1.165) is 53.9 Å².